The maximum atomic E-state index is 5.50. The number of aryl methyl sites for hydroxylation is 1. The van der Waals surface area contributed by atoms with Crippen molar-refractivity contribution in [3.05, 3.63) is 22.0 Å². The Balaban J connectivity index is 1.85. The molecule has 2 aromatic rings. The topological polar surface area (TPSA) is 51.8 Å². The maximum Gasteiger partial charge on any atom is 0.276 e. The lowest BCUT2D eigenvalue weighted by Crippen LogP contribution is -1.84. The summed E-state index contributed by atoms with van der Waals surface area (Å²) in [5.41, 5.74) is 1.10. The van der Waals surface area contributed by atoms with Gasteiger partial charge in [-0.25, -0.2) is 4.98 Å². The number of nitrogens with zero attached hydrogens (tertiary/aromatic N) is 3. The summed E-state index contributed by atoms with van der Waals surface area (Å²) in [6.45, 7) is 2.17. The number of aromatic nitrogens is 3. The summed E-state index contributed by atoms with van der Waals surface area (Å²) in [4.78, 5) is 4.56. The average molecular weight is 301 g/mol. The normalized spacial score (nSPS) is 11.0. The molecule has 98 valence electrons. The Morgan fingerprint density at radius 2 is 2.22 bits per heavy atom. The Morgan fingerprint density at radius 1 is 1.33 bits per heavy atom. The van der Waals surface area contributed by atoms with E-state index in [-0.39, 0.29) is 0 Å². The molecule has 2 heterocycles. The van der Waals surface area contributed by atoms with E-state index in [2.05, 4.69) is 27.5 Å². The van der Waals surface area contributed by atoms with Gasteiger partial charge < -0.3 is 4.42 Å². The molecule has 0 bridgehead atoms. The molecule has 0 saturated heterocycles. The van der Waals surface area contributed by atoms with Crippen LogP contribution in [0, 0.1) is 0 Å². The van der Waals surface area contributed by atoms with Gasteiger partial charge >= 0.3 is 0 Å². The molecule has 18 heavy (non-hydrogen) atoms. The van der Waals surface area contributed by atoms with Crippen molar-refractivity contribution in [2.24, 2.45) is 0 Å². The van der Waals surface area contributed by atoms with Crippen LogP contribution in [0.3, 0.4) is 0 Å². The predicted molar refractivity (Wildman–Crippen MR) is 77.2 cm³/mol. The van der Waals surface area contributed by atoms with Gasteiger partial charge in [-0.3, -0.25) is 0 Å². The minimum atomic E-state index is 0.629. The van der Waals surface area contributed by atoms with Crippen LogP contribution in [0.2, 0.25) is 0 Å². The Morgan fingerprint density at radius 3 is 3.00 bits per heavy atom. The van der Waals surface area contributed by atoms with Gasteiger partial charge in [0, 0.05) is 11.1 Å². The Bertz CT molecular complexity index is 439. The van der Waals surface area contributed by atoms with Crippen LogP contribution in [-0.2, 0) is 17.9 Å². The van der Waals surface area contributed by atoms with E-state index in [1.807, 2.05) is 6.26 Å². The standard InChI is InChI=1S/C11H15N3OS3/c1-3-4-10-12-8(5-17-10)6-18-11-14-13-9(15-11)7-16-2/h5H,3-4,6-7H2,1-2H3. The highest BCUT2D eigenvalue weighted by atomic mass is 32.2. The highest BCUT2D eigenvalue weighted by Gasteiger charge is 2.08. The lowest BCUT2D eigenvalue weighted by Gasteiger charge is -1.92. The predicted octanol–water partition coefficient (Wildman–Crippen LogP) is 3.63. The third-order valence-corrected chi connectivity index (χ3v) is 4.47. The molecule has 0 amide bonds. The van der Waals surface area contributed by atoms with Crippen molar-refractivity contribution >= 4 is 34.9 Å². The highest BCUT2D eigenvalue weighted by molar-refractivity contribution is 7.98. The molecule has 4 nitrogen and oxygen atoms in total. The maximum absolute atomic E-state index is 5.50. The van der Waals surface area contributed by atoms with Crippen LogP contribution in [-0.4, -0.2) is 21.4 Å². The minimum absolute atomic E-state index is 0.629. The number of thiazole rings is 1. The zero-order valence-corrected chi connectivity index (χ0v) is 12.8. The molecule has 0 spiro atoms. The molecular weight excluding hydrogens is 286 g/mol. The van der Waals surface area contributed by atoms with Crippen LogP contribution in [0.5, 0.6) is 0 Å². The third kappa shape index (κ3) is 4.00. The van der Waals surface area contributed by atoms with Crippen LogP contribution in [0.25, 0.3) is 0 Å². The summed E-state index contributed by atoms with van der Waals surface area (Å²) in [6.07, 6.45) is 4.22. The second-order valence-corrected chi connectivity index (χ2v) is 6.40. The van der Waals surface area contributed by atoms with Gasteiger partial charge in [0.15, 0.2) is 0 Å². The second-order valence-electron chi connectivity index (χ2n) is 3.67. The van der Waals surface area contributed by atoms with Gasteiger partial charge in [0.1, 0.15) is 0 Å². The summed E-state index contributed by atoms with van der Waals surface area (Å²) >= 11 is 4.95. The fraction of sp³-hybridized carbons (Fsp3) is 0.545. The molecule has 0 radical (unpaired) electrons. The van der Waals surface area contributed by atoms with Gasteiger partial charge in [-0.15, -0.1) is 21.5 Å². The number of hydrogen-bond acceptors (Lipinski definition) is 7. The van der Waals surface area contributed by atoms with Crippen LogP contribution in [0.1, 0.15) is 29.9 Å². The van der Waals surface area contributed by atoms with E-state index >= 15 is 0 Å². The van der Waals surface area contributed by atoms with Crippen molar-refractivity contribution in [1.29, 1.82) is 0 Å². The first-order valence-corrected chi connectivity index (χ1v) is 8.95. The summed E-state index contributed by atoms with van der Waals surface area (Å²) in [7, 11) is 0. The minimum Gasteiger partial charge on any atom is -0.415 e. The molecule has 0 aromatic carbocycles. The van der Waals surface area contributed by atoms with E-state index < -0.39 is 0 Å². The van der Waals surface area contributed by atoms with Crippen molar-refractivity contribution in [3.8, 4) is 0 Å². The quantitative estimate of drug-likeness (QED) is 0.728. The number of rotatable bonds is 7. The Hall–Kier alpha value is -0.530. The molecule has 0 fully saturated rings. The molecule has 2 rings (SSSR count). The smallest absolute Gasteiger partial charge is 0.276 e. The van der Waals surface area contributed by atoms with Gasteiger partial charge in [0.2, 0.25) is 5.89 Å². The summed E-state index contributed by atoms with van der Waals surface area (Å²) in [6, 6.07) is 0. The van der Waals surface area contributed by atoms with E-state index in [1.165, 1.54) is 5.01 Å². The molecule has 7 heteroatoms. The highest BCUT2D eigenvalue weighted by Crippen LogP contribution is 2.23. The first-order chi connectivity index (χ1) is 8.81. The first kappa shape index (κ1) is 13.9. The lowest BCUT2D eigenvalue weighted by molar-refractivity contribution is 0.426. The van der Waals surface area contributed by atoms with Gasteiger partial charge in [0.05, 0.1) is 16.5 Å². The molecular formula is C11H15N3OS3. The summed E-state index contributed by atoms with van der Waals surface area (Å²) in [5, 5.41) is 11.9. The fourth-order valence-electron chi connectivity index (χ4n) is 1.36. The van der Waals surface area contributed by atoms with E-state index in [1.54, 1.807) is 34.9 Å². The van der Waals surface area contributed by atoms with Crippen molar-refractivity contribution in [2.45, 2.75) is 36.5 Å². The molecule has 0 aliphatic rings. The van der Waals surface area contributed by atoms with Crippen molar-refractivity contribution in [1.82, 2.24) is 15.2 Å². The molecule has 0 aliphatic carbocycles. The summed E-state index contributed by atoms with van der Waals surface area (Å²) in [5.74, 6) is 2.25. The van der Waals surface area contributed by atoms with E-state index in [0.29, 0.717) is 11.1 Å². The van der Waals surface area contributed by atoms with E-state index in [4.69, 9.17) is 4.42 Å². The fourth-order valence-corrected chi connectivity index (χ4v) is 3.40. The Labute approximate surface area is 119 Å². The van der Waals surface area contributed by atoms with Crippen molar-refractivity contribution in [3.63, 3.8) is 0 Å². The van der Waals surface area contributed by atoms with Crippen molar-refractivity contribution < 1.29 is 4.42 Å². The first-order valence-electron chi connectivity index (χ1n) is 5.69. The van der Waals surface area contributed by atoms with Crippen LogP contribution >= 0.6 is 34.9 Å². The lowest BCUT2D eigenvalue weighted by atomic mass is 10.3. The van der Waals surface area contributed by atoms with Crippen molar-refractivity contribution in [2.75, 3.05) is 6.26 Å². The van der Waals surface area contributed by atoms with Gasteiger partial charge in [-0.05, 0) is 19.1 Å². The zero-order valence-electron chi connectivity index (χ0n) is 10.4. The van der Waals surface area contributed by atoms with Crippen LogP contribution < -0.4 is 0 Å². The SMILES string of the molecule is CCCc1nc(CSc2nnc(CSC)o2)cs1. The van der Waals surface area contributed by atoms with Gasteiger partial charge in [0.25, 0.3) is 5.22 Å². The van der Waals surface area contributed by atoms with E-state index in [9.17, 15) is 0 Å². The van der Waals surface area contributed by atoms with Crippen LogP contribution in [0.15, 0.2) is 15.0 Å². The summed E-state index contributed by atoms with van der Waals surface area (Å²) < 4.78 is 5.50. The molecule has 0 saturated carbocycles. The number of thioether (sulfide) groups is 2. The molecule has 0 aliphatic heterocycles. The molecule has 0 N–H and O–H groups in total. The molecule has 0 unspecified atom stereocenters. The average Bonchev–Trinajstić information content (AvgIpc) is 2.97. The Kier molecular flexibility index (Phi) is 5.52. The number of hydrogen-bond donors (Lipinski definition) is 0. The van der Waals surface area contributed by atoms with Crippen LogP contribution in [0.4, 0.5) is 0 Å². The van der Waals surface area contributed by atoms with Gasteiger partial charge in [-0.1, -0.05) is 18.7 Å². The zero-order chi connectivity index (χ0) is 12.8. The van der Waals surface area contributed by atoms with E-state index in [0.717, 1.165) is 30.0 Å². The molecule has 2 aromatic heterocycles. The molecule has 0 atom stereocenters. The largest absolute Gasteiger partial charge is 0.415 e. The third-order valence-electron chi connectivity index (χ3n) is 2.12. The van der Waals surface area contributed by atoms with Gasteiger partial charge in [-0.2, -0.15) is 11.8 Å². The second kappa shape index (κ2) is 7.16. The monoisotopic (exact) mass is 301 g/mol.